The summed E-state index contributed by atoms with van der Waals surface area (Å²) in [4.78, 5) is 21.4. The number of nitrogens with zero attached hydrogens (tertiary/aromatic N) is 2. The van der Waals surface area contributed by atoms with Gasteiger partial charge >= 0.3 is 0 Å². The van der Waals surface area contributed by atoms with E-state index in [4.69, 9.17) is 28.0 Å². The molecule has 2 aliphatic heterocycles. The average molecular weight is 344 g/mol. The molecule has 0 unspecified atom stereocenters. The first kappa shape index (κ1) is 14.7. The SMILES string of the molecule is O=C(NC1=NCCS1)[C@@H]1CC(c2ccc(Cl)cc2Cl)=NO1. The van der Waals surface area contributed by atoms with Crippen molar-refractivity contribution in [2.45, 2.75) is 12.5 Å². The number of carbonyl (C=O) groups excluding carboxylic acids is 1. The van der Waals surface area contributed by atoms with Crippen LogP contribution in [-0.4, -0.2) is 35.2 Å². The summed E-state index contributed by atoms with van der Waals surface area (Å²) in [5.74, 6) is 0.649. The smallest absolute Gasteiger partial charge is 0.270 e. The number of hydrogen-bond acceptors (Lipinski definition) is 5. The molecule has 0 spiro atoms. The zero-order valence-electron chi connectivity index (χ0n) is 10.8. The van der Waals surface area contributed by atoms with Gasteiger partial charge in [0.05, 0.1) is 17.3 Å². The molecule has 2 aliphatic rings. The molecular weight excluding hydrogens is 333 g/mol. The molecule has 1 aromatic rings. The Balaban J connectivity index is 1.65. The van der Waals surface area contributed by atoms with E-state index in [2.05, 4.69) is 15.5 Å². The van der Waals surface area contributed by atoms with Crippen molar-refractivity contribution < 1.29 is 9.63 Å². The summed E-state index contributed by atoms with van der Waals surface area (Å²) in [5.41, 5.74) is 1.36. The van der Waals surface area contributed by atoms with E-state index in [0.29, 0.717) is 27.3 Å². The van der Waals surface area contributed by atoms with E-state index < -0.39 is 6.10 Å². The minimum atomic E-state index is -0.657. The molecule has 3 rings (SSSR count). The van der Waals surface area contributed by atoms with Crippen molar-refractivity contribution in [1.29, 1.82) is 0 Å². The number of hydrogen-bond donors (Lipinski definition) is 1. The Kier molecular flexibility index (Phi) is 4.37. The molecule has 5 nitrogen and oxygen atoms in total. The monoisotopic (exact) mass is 343 g/mol. The number of benzene rings is 1. The highest BCUT2D eigenvalue weighted by molar-refractivity contribution is 8.14. The van der Waals surface area contributed by atoms with Gasteiger partial charge in [-0.25, -0.2) is 0 Å². The molecule has 0 fully saturated rings. The number of aliphatic imine (C=N–C) groups is 1. The van der Waals surface area contributed by atoms with E-state index in [1.807, 2.05) is 0 Å². The highest BCUT2D eigenvalue weighted by Crippen LogP contribution is 2.26. The maximum atomic E-state index is 12.1. The minimum absolute atomic E-state index is 0.244. The van der Waals surface area contributed by atoms with Crippen LogP contribution in [0, 0.1) is 0 Å². The third-order valence-electron chi connectivity index (χ3n) is 3.02. The van der Waals surface area contributed by atoms with E-state index in [1.54, 1.807) is 18.2 Å². The van der Waals surface area contributed by atoms with Crippen LogP contribution in [0.5, 0.6) is 0 Å². The van der Waals surface area contributed by atoms with Gasteiger partial charge in [0.2, 0.25) is 6.10 Å². The number of carbonyl (C=O) groups is 1. The van der Waals surface area contributed by atoms with Crippen molar-refractivity contribution in [3.8, 4) is 0 Å². The fraction of sp³-hybridized carbons (Fsp3) is 0.308. The summed E-state index contributed by atoms with van der Waals surface area (Å²) < 4.78 is 0. The van der Waals surface area contributed by atoms with Gasteiger partial charge in [-0.1, -0.05) is 46.2 Å². The van der Waals surface area contributed by atoms with Gasteiger partial charge in [0, 0.05) is 22.8 Å². The molecule has 21 heavy (non-hydrogen) atoms. The molecule has 1 amide bonds. The van der Waals surface area contributed by atoms with Crippen LogP contribution in [-0.2, 0) is 9.63 Å². The Morgan fingerprint density at radius 2 is 2.29 bits per heavy atom. The lowest BCUT2D eigenvalue weighted by Gasteiger charge is -2.08. The van der Waals surface area contributed by atoms with E-state index in [-0.39, 0.29) is 5.91 Å². The predicted molar refractivity (Wildman–Crippen MR) is 85.4 cm³/mol. The average Bonchev–Trinajstić information content (AvgIpc) is 3.09. The number of oxime groups is 1. The Hall–Kier alpha value is -1.24. The zero-order valence-corrected chi connectivity index (χ0v) is 13.1. The topological polar surface area (TPSA) is 63.0 Å². The molecule has 0 aromatic heterocycles. The summed E-state index contributed by atoms with van der Waals surface area (Å²) in [6, 6.07) is 5.13. The summed E-state index contributed by atoms with van der Waals surface area (Å²) in [7, 11) is 0. The lowest BCUT2D eigenvalue weighted by molar-refractivity contribution is -0.129. The number of thioether (sulfide) groups is 1. The maximum absolute atomic E-state index is 12.1. The zero-order chi connectivity index (χ0) is 14.8. The van der Waals surface area contributed by atoms with Crippen LogP contribution in [0.1, 0.15) is 12.0 Å². The second-order valence-electron chi connectivity index (χ2n) is 4.48. The molecule has 0 aliphatic carbocycles. The molecule has 8 heteroatoms. The van der Waals surface area contributed by atoms with Gasteiger partial charge in [-0.3, -0.25) is 9.79 Å². The molecule has 0 bridgehead atoms. The first-order valence-electron chi connectivity index (χ1n) is 6.30. The quantitative estimate of drug-likeness (QED) is 0.897. The van der Waals surface area contributed by atoms with E-state index in [0.717, 1.165) is 17.9 Å². The van der Waals surface area contributed by atoms with Crippen molar-refractivity contribution in [3.05, 3.63) is 33.8 Å². The van der Waals surface area contributed by atoms with E-state index in [9.17, 15) is 4.79 Å². The van der Waals surface area contributed by atoms with Gasteiger partial charge in [0.25, 0.3) is 5.91 Å². The van der Waals surface area contributed by atoms with E-state index in [1.165, 1.54) is 11.8 Å². The Morgan fingerprint density at radius 3 is 3.00 bits per heavy atom. The Morgan fingerprint density at radius 1 is 1.43 bits per heavy atom. The van der Waals surface area contributed by atoms with Crippen molar-refractivity contribution in [2.75, 3.05) is 12.3 Å². The van der Waals surface area contributed by atoms with Crippen LogP contribution >= 0.6 is 35.0 Å². The van der Waals surface area contributed by atoms with Crippen molar-refractivity contribution in [1.82, 2.24) is 5.32 Å². The third kappa shape index (κ3) is 3.33. The minimum Gasteiger partial charge on any atom is -0.382 e. The molecule has 2 heterocycles. The van der Waals surface area contributed by atoms with Crippen LogP contribution in [0.3, 0.4) is 0 Å². The molecule has 1 atom stereocenters. The van der Waals surface area contributed by atoms with Crippen LogP contribution in [0.15, 0.2) is 28.3 Å². The molecule has 0 radical (unpaired) electrons. The molecule has 0 saturated heterocycles. The second kappa shape index (κ2) is 6.25. The van der Waals surface area contributed by atoms with E-state index >= 15 is 0 Å². The summed E-state index contributed by atoms with van der Waals surface area (Å²) in [5, 5.41) is 8.37. The first-order valence-corrected chi connectivity index (χ1v) is 8.04. The predicted octanol–water partition coefficient (Wildman–Crippen LogP) is 2.71. The fourth-order valence-corrected chi connectivity index (χ4v) is 3.25. The first-order chi connectivity index (χ1) is 10.1. The highest BCUT2D eigenvalue weighted by Gasteiger charge is 2.30. The van der Waals surface area contributed by atoms with Gasteiger partial charge in [-0.2, -0.15) is 0 Å². The number of halogens is 2. The molecule has 1 aromatic carbocycles. The fourth-order valence-electron chi connectivity index (χ4n) is 2.00. The van der Waals surface area contributed by atoms with Gasteiger partial charge in [-0.15, -0.1) is 0 Å². The Bertz CT molecular complexity index is 648. The summed E-state index contributed by atoms with van der Waals surface area (Å²) in [6.07, 6.45) is -0.291. The number of rotatable bonds is 2. The second-order valence-corrected chi connectivity index (χ2v) is 6.41. The number of amidine groups is 1. The normalized spacial score (nSPS) is 20.8. The molecular formula is C13H11Cl2N3O2S. The molecule has 1 N–H and O–H groups in total. The van der Waals surface area contributed by atoms with Crippen LogP contribution in [0.2, 0.25) is 10.0 Å². The summed E-state index contributed by atoms with van der Waals surface area (Å²) in [6.45, 7) is 0.730. The van der Waals surface area contributed by atoms with Crippen LogP contribution in [0.25, 0.3) is 0 Å². The third-order valence-corrected chi connectivity index (χ3v) is 4.46. The maximum Gasteiger partial charge on any atom is 0.270 e. The number of nitrogens with one attached hydrogen (secondary N) is 1. The molecule has 110 valence electrons. The van der Waals surface area contributed by atoms with Crippen LogP contribution < -0.4 is 5.32 Å². The highest BCUT2D eigenvalue weighted by atomic mass is 35.5. The van der Waals surface area contributed by atoms with Gasteiger partial charge in [-0.05, 0) is 12.1 Å². The van der Waals surface area contributed by atoms with Crippen molar-refractivity contribution >= 4 is 51.8 Å². The summed E-state index contributed by atoms with van der Waals surface area (Å²) >= 11 is 13.5. The number of amides is 1. The van der Waals surface area contributed by atoms with Crippen molar-refractivity contribution in [2.24, 2.45) is 10.1 Å². The van der Waals surface area contributed by atoms with Gasteiger partial charge in [0.1, 0.15) is 0 Å². The largest absolute Gasteiger partial charge is 0.382 e. The van der Waals surface area contributed by atoms with Crippen LogP contribution in [0.4, 0.5) is 0 Å². The lowest BCUT2D eigenvalue weighted by Crippen LogP contribution is -2.37. The van der Waals surface area contributed by atoms with Gasteiger partial charge in [0.15, 0.2) is 5.17 Å². The standard InChI is InChI=1S/C13H11Cl2N3O2S/c14-7-1-2-8(9(15)5-7)10-6-11(20-18-10)12(19)17-13-16-3-4-21-13/h1-2,5,11H,3-4,6H2,(H,16,17,19)/t11-/m0/s1. The van der Waals surface area contributed by atoms with Crippen molar-refractivity contribution in [3.63, 3.8) is 0 Å². The molecule has 0 saturated carbocycles. The van der Waals surface area contributed by atoms with Gasteiger partial charge < -0.3 is 10.2 Å². The Labute approximate surface area is 135 Å². The lowest BCUT2D eigenvalue weighted by atomic mass is 10.0.